The summed E-state index contributed by atoms with van der Waals surface area (Å²) >= 11 is 0. The average molecular weight is 261 g/mol. The first kappa shape index (κ1) is 14.0. The molecule has 2 N–H and O–H groups in total. The monoisotopic (exact) mass is 261 g/mol. The molecule has 0 aliphatic carbocycles. The second-order valence-corrected chi connectivity index (χ2v) is 5.23. The molecule has 0 radical (unpaired) electrons. The molecule has 1 atom stereocenters. The third kappa shape index (κ3) is 3.78. The van der Waals surface area contributed by atoms with Crippen LogP contribution in [0.1, 0.15) is 22.3 Å². The van der Waals surface area contributed by atoms with E-state index in [-0.39, 0.29) is 11.9 Å². The number of likely N-dealkylation sites (tertiary alicyclic amines) is 1. The zero-order chi connectivity index (χ0) is 13.7. The summed E-state index contributed by atoms with van der Waals surface area (Å²) in [6.45, 7) is 2.90. The van der Waals surface area contributed by atoms with E-state index in [4.69, 9.17) is 0 Å². The molecule has 1 aromatic rings. The topological polar surface area (TPSA) is 44.4 Å². The van der Waals surface area contributed by atoms with Gasteiger partial charge in [-0.15, -0.1) is 0 Å². The molecule has 1 unspecified atom stereocenters. The van der Waals surface area contributed by atoms with Crippen molar-refractivity contribution in [1.29, 1.82) is 0 Å². The Morgan fingerprint density at radius 1 is 1.42 bits per heavy atom. The third-order valence-corrected chi connectivity index (χ3v) is 3.63. The molecule has 0 spiro atoms. The first-order chi connectivity index (χ1) is 9.20. The van der Waals surface area contributed by atoms with Gasteiger partial charge in [0.2, 0.25) is 0 Å². The minimum Gasteiger partial charge on any atom is -0.348 e. The Hall–Kier alpha value is -1.39. The van der Waals surface area contributed by atoms with Crippen LogP contribution in [0.2, 0.25) is 0 Å². The lowest BCUT2D eigenvalue weighted by Crippen LogP contribution is -2.37. The highest BCUT2D eigenvalue weighted by Gasteiger charge is 2.22. The van der Waals surface area contributed by atoms with E-state index >= 15 is 0 Å². The van der Waals surface area contributed by atoms with Crippen LogP contribution in [0.3, 0.4) is 0 Å². The number of carbonyl (C=O) groups is 1. The van der Waals surface area contributed by atoms with E-state index in [2.05, 4.69) is 22.6 Å². The van der Waals surface area contributed by atoms with Gasteiger partial charge >= 0.3 is 0 Å². The Kier molecular flexibility index (Phi) is 4.93. The predicted octanol–water partition coefficient (Wildman–Crippen LogP) is 0.882. The zero-order valence-corrected chi connectivity index (χ0v) is 11.8. The fourth-order valence-electron chi connectivity index (χ4n) is 2.54. The molecule has 1 aliphatic heterocycles. The van der Waals surface area contributed by atoms with E-state index in [0.29, 0.717) is 0 Å². The second-order valence-electron chi connectivity index (χ2n) is 5.23. The van der Waals surface area contributed by atoms with Gasteiger partial charge in [0, 0.05) is 18.2 Å². The SMILES string of the molecule is CNCCc1ccccc1C(=O)NC1CCN(C)C1. The average Bonchev–Trinajstić information content (AvgIpc) is 2.82. The molecule has 0 saturated carbocycles. The van der Waals surface area contributed by atoms with Crippen LogP contribution in [-0.4, -0.2) is 50.6 Å². The molecule has 1 saturated heterocycles. The highest BCUT2D eigenvalue weighted by molar-refractivity contribution is 5.95. The first-order valence-electron chi connectivity index (χ1n) is 6.92. The maximum absolute atomic E-state index is 12.3. The number of amides is 1. The summed E-state index contributed by atoms with van der Waals surface area (Å²) in [5.74, 6) is 0.0620. The van der Waals surface area contributed by atoms with Crippen molar-refractivity contribution in [2.45, 2.75) is 18.9 Å². The molecule has 104 valence electrons. The van der Waals surface area contributed by atoms with Crippen LogP contribution in [0.5, 0.6) is 0 Å². The predicted molar refractivity (Wildman–Crippen MR) is 77.4 cm³/mol. The van der Waals surface area contributed by atoms with Crippen LogP contribution in [0.15, 0.2) is 24.3 Å². The minimum atomic E-state index is 0.0620. The van der Waals surface area contributed by atoms with Crippen LogP contribution >= 0.6 is 0 Å². The van der Waals surface area contributed by atoms with Gasteiger partial charge in [-0.3, -0.25) is 4.79 Å². The van der Waals surface area contributed by atoms with Gasteiger partial charge in [0.1, 0.15) is 0 Å². The van der Waals surface area contributed by atoms with E-state index in [1.807, 2.05) is 31.3 Å². The molecular formula is C15H23N3O. The van der Waals surface area contributed by atoms with Crippen LogP contribution in [-0.2, 0) is 6.42 Å². The third-order valence-electron chi connectivity index (χ3n) is 3.63. The molecule has 1 aliphatic rings. The Morgan fingerprint density at radius 3 is 2.89 bits per heavy atom. The van der Waals surface area contributed by atoms with Gasteiger partial charge in [0.05, 0.1) is 0 Å². The lowest BCUT2D eigenvalue weighted by molar-refractivity contribution is 0.0937. The van der Waals surface area contributed by atoms with Gasteiger partial charge in [-0.25, -0.2) is 0 Å². The number of benzene rings is 1. The number of rotatable bonds is 5. The molecule has 1 aromatic carbocycles. The molecule has 2 rings (SSSR count). The number of nitrogens with one attached hydrogen (secondary N) is 2. The highest BCUT2D eigenvalue weighted by Crippen LogP contribution is 2.12. The molecule has 0 aromatic heterocycles. The van der Waals surface area contributed by atoms with E-state index in [9.17, 15) is 4.79 Å². The van der Waals surface area contributed by atoms with Crippen molar-refractivity contribution in [3.8, 4) is 0 Å². The van der Waals surface area contributed by atoms with Crippen molar-refractivity contribution in [3.05, 3.63) is 35.4 Å². The van der Waals surface area contributed by atoms with Gasteiger partial charge in [0.15, 0.2) is 0 Å². The lowest BCUT2D eigenvalue weighted by Gasteiger charge is -2.15. The first-order valence-corrected chi connectivity index (χ1v) is 6.92. The number of hydrogen-bond donors (Lipinski definition) is 2. The molecule has 0 bridgehead atoms. The number of carbonyl (C=O) groups excluding carboxylic acids is 1. The summed E-state index contributed by atoms with van der Waals surface area (Å²) in [6, 6.07) is 8.16. The van der Waals surface area contributed by atoms with Crippen LogP contribution < -0.4 is 10.6 Å². The zero-order valence-electron chi connectivity index (χ0n) is 11.8. The fraction of sp³-hybridized carbons (Fsp3) is 0.533. The van der Waals surface area contributed by atoms with Crippen molar-refractivity contribution >= 4 is 5.91 Å². The molecule has 1 fully saturated rings. The smallest absolute Gasteiger partial charge is 0.251 e. The molecular weight excluding hydrogens is 238 g/mol. The van der Waals surface area contributed by atoms with E-state index < -0.39 is 0 Å². The molecule has 1 amide bonds. The summed E-state index contributed by atoms with van der Waals surface area (Å²) in [5.41, 5.74) is 1.92. The number of hydrogen-bond acceptors (Lipinski definition) is 3. The van der Waals surface area contributed by atoms with Crippen molar-refractivity contribution in [1.82, 2.24) is 15.5 Å². The minimum absolute atomic E-state index is 0.0620. The van der Waals surface area contributed by atoms with Crippen LogP contribution in [0, 0.1) is 0 Å². The van der Waals surface area contributed by atoms with Crippen molar-refractivity contribution in [2.75, 3.05) is 33.7 Å². The molecule has 4 heteroatoms. The normalized spacial score (nSPS) is 19.6. The Labute approximate surface area is 115 Å². The summed E-state index contributed by atoms with van der Waals surface area (Å²) in [4.78, 5) is 14.6. The number of likely N-dealkylation sites (N-methyl/N-ethyl adjacent to an activating group) is 2. The van der Waals surface area contributed by atoms with E-state index in [1.165, 1.54) is 0 Å². The van der Waals surface area contributed by atoms with Gasteiger partial charge in [0.25, 0.3) is 5.91 Å². The largest absolute Gasteiger partial charge is 0.348 e. The van der Waals surface area contributed by atoms with Crippen molar-refractivity contribution < 1.29 is 4.79 Å². The van der Waals surface area contributed by atoms with Gasteiger partial charge in [-0.05, 0) is 51.7 Å². The van der Waals surface area contributed by atoms with Crippen molar-refractivity contribution in [3.63, 3.8) is 0 Å². The van der Waals surface area contributed by atoms with E-state index in [1.54, 1.807) is 0 Å². The van der Waals surface area contributed by atoms with Gasteiger partial charge in [-0.1, -0.05) is 18.2 Å². The molecule has 4 nitrogen and oxygen atoms in total. The summed E-state index contributed by atoms with van der Waals surface area (Å²) in [5, 5.41) is 6.26. The maximum Gasteiger partial charge on any atom is 0.251 e. The van der Waals surface area contributed by atoms with Crippen molar-refractivity contribution in [2.24, 2.45) is 0 Å². The summed E-state index contributed by atoms with van der Waals surface area (Å²) < 4.78 is 0. The molecule has 19 heavy (non-hydrogen) atoms. The van der Waals surface area contributed by atoms with Gasteiger partial charge in [-0.2, -0.15) is 0 Å². The van der Waals surface area contributed by atoms with Crippen LogP contribution in [0.4, 0.5) is 0 Å². The summed E-state index contributed by atoms with van der Waals surface area (Å²) in [6.07, 6.45) is 1.92. The number of nitrogens with zero attached hydrogens (tertiary/aromatic N) is 1. The lowest BCUT2D eigenvalue weighted by atomic mass is 10.0. The summed E-state index contributed by atoms with van der Waals surface area (Å²) in [7, 11) is 4.02. The van der Waals surface area contributed by atoms with E-state index in [0.717, 1.165) is 43.6 Å². The fourth-order valence-corrected chi connectivity index (χ4v) is 2.54. The van der Waals surface area contributed by atoms with Crippen LogP contribution in [0.25, 0.3) is 0 Å². The standard InChI is InChI=1S/C15H23N3O/c1-16-9-7-12-5-3-4-6-14(12)15(19)17-13-8-10-18(2)11-13/h3-6,13,16H,7-11H2,1-2H3,(H,17,19). The maximum atomic E-state index is 12.3. The molecule has 1 heterocycles. The second kappa shape index (κ2) is 6.68. The quantitative estimate of drug-likeness (QED) is 0.827. The van der Waals surface area contributed by atoms with Gasteiger partial charge < -0.3 is 15.5 Å². The Morgan fingerprint density at radius 2 is 2.21 bits per heavy atom. The Bertz CT molecular complexity index is 433. The highest BCUT2D eigenvalue weighted by atomic mass is 16.1. The Balaban J connectivity index is 2.01.